The Morgan fingerprint density at radius 2 is 1.55 bits per heavy atom. The van der Waals surface area contributed by atoms with Crippen LogP contribution in [0.15, 0.2) is 23.1 Å². The van der Waals surface area contributed by atoms with Crippen LogP contribution in [-0.2, 0) is 14.2 Å². The Kier molecular flexibility index (Phi) is 20.8. The fourth-order valence-electron chi connectivity index (χ4n) is 2.13. The minimum absolute atomic E-state index is 0.468. The van der Waals surface area contributed by atoms with Crippen LogP contribution in [0.3, 0.4) is 0 Å². The summed E-state index contributed by atoms with van der Waals surface area (Å²) in [6.45, 7) is 11.6. The molecule has 6 nitrogen and oxygen atoms in total. The molecule has 1 aromatic rings. The van der Waals surface area contributed by atoms with Gasteiger partial charge in [0.1, 0.15) is 5.75 Å². The van der Waals surface area contributed by atoms with Gasteiger partial charge in [0, 0.05) is 18.0 Å². The molecule has 0 amide bonds. The minimum atomic E-state index is 0.468. The van der Waals surface area contributed by atoms with E-state index in [4.69, 9.17) is 25.4 Å². The summed E-state index contributed by atoms with van der Waals surface area (Å²) in [5, 5.41) is 3.14. The Balaban J connectivity index is 0.00000206. The molecule has 1 N–H and O–H groups in total. The van der Waals surface area contributed by atoms with E-state index in [2.05, 4.69) is 36.3 Å². The van der Waals surface area contributed by atoms with Crippen molar-refractivity contribution in [3.63, 3.8) is 0 Å². The summed E-state index contributed by atoms with van der Waals surface area (Å²) in [5.74, 6) is 3.34. The van der Waals surface area contributed by atoms with E-state index >= 15 is 0 Å². The quantitative estimate of drug-likeness (QED) is 0.203. The zero-order chi connectivity index (χ0) is 23.2. The van der Waals surface area contributed by atoms with E-state index in [1.54, 1.807) is 19.1 Å². The first kappa shape index (κ1) is 29.6. The van der Waals surface area contributed by atoms with Crippen molar-refractivity contribution in [2.45, 2.75) is 44.9 Å². The highest BCUT2D eigenvalue weighted by Gasteiger charge is 2.07. The topological polar surface area (TPSA) is 52.2 Å². The molecule has 0 fully saturated rings. The molecule has 0 aliphatic heterocycles. The van der Waals surface area contributed by atoms with Crippen molar-refractivity contribution in [3.05, 3.63) is 18.2 Å². The van der Waals surface area contributed by atoms with Gasteiger partial charge in [-0.05, 0) is 43.6 Å². The number of anilines is 1. The van der Waals surface area contributed by atoms with Crippen LogP contribution in [0.5, 0.6) is 5.75 Å². The third-order valence-electron chi connectivity index (χ3n) is 3.96. The third-order valence-corrected chi connectivity index (χ3v) is 4.92. The van der Waals surface area contributed by atoms with Crippen molar-refractivity contribution in [2.75, 3.05) is 72.2 Å². The SMILES string of the molecule is C#CCNc1ccc(SN(C)CCOCCOCCOCCC)cc1OC.CCCC. The van der Waals surface area contributed by atoms with Gasteiger partial charge in [-0.3, -0.25) is 0 Å². The normalized spacial score (nSPS) is 10.4. The first-order valence-electron chi connectivity index (χ1n) is 11.1. The minimum Gasteiger partial charge on any atom is -0.495 e. The Labute approximate surface area is 194 Å². The van der Waals surface area contributed by atoms with Crippen molar-refractivity contribution < 1.29 is 18.9 Å². The van der Waals surface area contributed by atoms with Crippen LogP contribution in [0.2, 0.25) is 0 Å². The van der Waals surface area contributed by atoms with Gasteiger partial charge in [-0.25, -0.2) is 4.31 Å². The Bertz CT molecular complexity index is 579. The summed E-state index contributed by atoms with van der Waals surface area (Å²) in [6.07, 6.45) is 8.96. The zero-order valence-corrected chi connectivity index (χ0v) is 20.9. The van der Waals surface area contributed by atoms with Crippen molar-refractivity contribution in [3.8, 4) is 18.1 Å². The molecule has 0 aliphatic rings. The van der Waals surface area contributed by atoms with Gasteiger partial charge in [-0.2, -0.15) is 0 Å². The van der Waals surface area contributed by atoms with E-state index in [9.17, 15) is 0 Å². The maximum absolute atomic E-state index is 5.60. The molecule has 0 saturated heterocycles. The number of nitrogens with zero attached hydrogens (tertiary/aromatic N) is 1. The van der Waals surface area contributed by atoms with Gasteiger partial charge in [-0.15, -0.1) is 6.42 Å². The number of hydrogen-bond acceptors (Lipinski definition) is 7. The van der Waals surface area contributed by atoms with Crippen LogP contribution in [0.4, 0.5) is 5.69 Å². The molecule has 0 aromatic heterocycles. The monoisotopic (exact) mass is 454 g/mol. The molecule has 0 heterocycles. The maximum atomic E-state index is 5.60. The molecule has 0 radical (unpaired) electrons. The number of terminal acetylenes is 1. The van der Waals surface area contributed by atoms with Crippen LogP contribution >= 0.6 is 11.9 Å². The number of hydrogen-bond donors (Lipinski definition) is 1. The molecule has 1 aromatic carbocycles. The molecule has 0 bridgehead atoms. The second-order valence-corrected chi connectivity index (χ2v) is 7.98. The number of ether oxygens (including phenoxy) is 4. The smallest absolute Gasteiger partial charge is 0.143 e. The lowest BCUT2D eigenvalue weighted by Gasteiger charge is -2.17. The number of benzene rings is 1. The lowest BCUT2D eigenvalue weighted by Crippen LogP contribution is -2.18. The standard InChI is InChI=1S/C20H32N2O4S.C4H10/c1-5-9-21-19-8-7-18(17-20(19)23-4)27-22(3)10-12-25-14-16-26-15-13-24-11-6-2;1-3-4-2/h1,7-8,17,21H,6,9-16H2,2-4H3;3-4H2,1-2H3. The highest BCUT2D eigenvalue weighted by Crippen LogP contribution is 2.31. The van der Waals surface area contributed by atoms with Gasteiger partial charge < -0.3 is 24.3 Å². The number of likely N-dealkylation sites (N-methyl/N-ethyl adjacent to an activating group) is 1. The Hall–Kier alpha value is -1.43. The number of methoxy groups -OCH3 is 1. The average Bonchev–Trinajstić information content (AvgIpc) is 2.79. The predicted octanol–water partition coefficient (Wildman–Crippen LogP) is 4.95. The van der Waals surface area contributed by atoms with Gasteiger partial charge in [-0.1, -0.05) is 39.5 Å². The van der Waals surface area contributed by atoms with Crippen molar-refractivity contribution >= 4 is 17.6 Å². The fourth-order valence-corrected chi connectivity index (χ4v) is 2.94. The van der Waals surface area contributed by atoms with E-state index in [1.165, 1.54) is 12.8 Å². The van der Waals surface area contributed by atoms with Gasteiger partial charge in [0.25, 0.3) is 0 Å². The molecule has 0 aliphatic carbocycles. The highest BCUT2D eigenvalue weighted by atomic mass is 32.2. The van der Waals surface area contributed by atoms with Gasteiger partial charge in [0.05, 0.1) is 52.4 Å². The summed E-state index contributed by atoms with van der Waals surface area (Å²) in [7, 11) is 3.69. The fraction of sp³-hybridized carbons (Fsp3) is 0.667. The lowest BCUT2D eigenvalue weighted by molar-refractivity contribution is 0.0140. The first-order valence-corrected chi connectivity index (χ1v) is 11.9. The summed E-state index contributed by atoms with van der Waals surface area (Å²) in [4.78, 5) is 1.09. The summed E-state index contributed by atoms with van der Waals surface area (Å²) < 4.78 is 23.9. The van der Waals surface area contributed by atoms with Crippen LogP contribution in [0, 0.1) is 12.3 Å². The van der Waals surface area contributed by atoms with Crippen LogP contribution < -0.4 is 10.1 Å². The summed E-state index contributed by atoms with van der Waals surface area (Å²) >= 11 is 1.64. The van der Waals surface area contributed by atoms with E-state index in [0.717, 1.165) is 35.9 Å². The molecule has 1 rings (SSSR count). The summed E-state index contributed by atoms with van der Waals surface area (Å²) in [5.41, 5.74) is 0.894. The second kappa shape index (κ2) is 21.8. The molecule has 0 saturated carbocycles. The molecule has 0 unspecified atom stereocenters. The molecule has 7 heteroatoms. The number of rotatable bonds is 17. The molecule has 178 valence electrons. The average molecular weight is 455 g/mol. The van der Waals surface area contributed by atoms with Crippen LogP contribution in [0.25, 0.3) is 0 Å². The number of nitrogens with one attached hydrogen (secondary N) is 1. The highest BCUT2D eigenvalue weighted by molar-refractivity contribution is 7.97. The maximum Gasteiger partial charge on any atom is 0.143 e. The lowest BCUT2D eigenvalue weighted by atomic mass is 10.3. The first-order chi connectivity index (χ1) is 15.1. The van der Waals surface area contributed by atoms with Crippen molar-refractivity contribution in [1.82, 2.24) is 4.31 Å². The molecular weight excluding hydrogens is 412 g/mol. The van der Waals surface area contributed by atoms with Gasteiger partial charge in [0.15, 0.2) is 0 Å². The molecule has 31 heavy (non-hydrogen) atoms. The van der Waals surface area contributed by atoms with Crippen molar-refractivity contribution in [1.29, 1.82) is 0 Å². The van der Waals surface area contributed by atoms with Gasteiger partial charge >= 0.3 is 0 Å². The van der Waals surface area contributed by atoms with Crippen molar-refractivity contribution in [2.24, 2.45) is 0 Å². The predicted molar refractivity (Wildman–Crippen MR) is 132 cm³/mol. The van der Waals surface area contributed by atoms with E-state index in [1.807, 2.05) is 25.2 Å². The van der Waals surface area contributed by atoms with E-state index in [0.29, 0.717) is 39.6 Å². The summed E-state index contributed by atoms with van der Waals surface area (Å²) in [6, 6.07) is 6.01. The third kappa shape index (κ3) is 16.9. The number of unbranched alkanes of at least 4 members (excludes halogenated alkanes) is 1. The molecular formula is C24H42N2O4S. The zero-order valence-electron chi connectivity index (χ0n) is 20.1. The largest absolute Gasteiger partial charge is 0.495 e. The molecule has 0 atom stereocenters. The van der Waals surface area contributed by atoms with Gasteiger partial charge in [0.2, 0.25) is 0 Å². The van der Waals surface area contributed by atoms with Crippen LogP contribution in [0.1, 0.15) is 40.0 Å². The molecule has 0 spiro atoms. The van der Waals surface area contributed by atoms with E-state index < -0.39 is 0 Å². The Morgan fingerprint density at radius 3 is 2.10 bits per heavy atom. The van der Waals surface area contributed by atoms with E-state index in [-0.39, 0.29) is 0 Å². The Morgan fingerprint density at radius 1 is 0.935 bits per heavy atom. The second-order valence-electron chi connectivity index (χ2n) is 6.70. The van der Waals surface area contributed by atoms with Crippen LogP contribution in [-0.4, -0.2) is 71.2 Å².